The van der Waals surface area contributed by atoms with Gasteiger partial charge in [0.25, 0.3) is 0 Å². The molecule has 0 aromatic heterocycles. The molecular weight excluding hydrogens is 276 g/mol. The molecule has 110 valence electrons. The summed E-state index contributed by atoms with van der Waals surface area (Å²) in [7, 11) is 0. The van der Waals surface area contributed by atoms with Gasteiger partial charge >= 0.3 is 5.97 Å². The first-order chi connectivity index (χ1) is 10.0. The topological polar surface area (TPSA) is 40.5 Å². The summed E-state index contributed by atoms with van der Waals surface area (Å²) in [6.45, 7) is 2.71. The average Bonchev–Trinajstić information content (AvgIpc) is 2.45. The molecule has 1 N–H and O–H groups in total. The van der Waals surface area contributed by atoms with Crippen LogP contribution in [0.15, 0.2) is 42.5 Å². The molecule has 0 unspecified atom stereocenters. The van der Waals surface area contributed by atoms with E-state index >= 15 is 0 Å². The molecule has 0 atom stereocenters. The van der Waals surface area contributed by atoms with Crippen molar-refractivity contribution in [3.05, 3.63) is 65.2 Å². The van der Waals surface area contributed by atoms with Gasteiger partial charge in [-0.3, -0.25) is 0 Å². The highest BCUT2D eigenvalue weighted by Crippen LogP contribution is 2.21. The van der Waals surface area contributed by atoms with E-state index in [-0.39, 0.29) is 11.4 Å². The summed E-state index contributed by atoms with van der Waals surface area (Å²) in [6, 6.07) is 10.3. The molecular formula is C16H15F2NO2. The standard InChI is InChI=1S/C16H15F2NO2/c1-2-19(15-6-4-3-5-13(15)17)10-11-7-8-12(16(20)21)14(18)9-11/h3-9H,2,10H2,1H3,(H,20,21). The van der Waals surface area contributed by atoms with Crippen LogP contribution in [0.2, 0.25) is 0 Å². The molecule has 21 heavy (non-hydrogen) atoms. The van der Waals surface area contributed by atoms with Gasteiger partial charge in [-0.05, 0) is 36.8 Å². The third kappa shape index (κ3) is 3.37. The maximum Gasteiger partial charge on any atom is 0.338 e. The first-order valence-electron chi connectivity index (χ1n) is 6.54. The van der Waals surface area contributed by atoms with E-state index in [1.807, 2.05) is 6.92 Å². The Morgan fingerprint density at radius 1 is 1.14 bits per heavy atom. The average molecular weight is 291 g/mol. The van der Waals surface area contributed by atoms with Crippen molar-refractivity contribution in [1.29, 1.82) is 0 Å². The SMILES string of the molecule is CCN(Cc1ccc(C(=O)O)c(F)c1)c1ccccc1F. The van der Waals surface area contributed by atoms with Gasteiger partial charge in [0.2, 0.25) is 0 Å². The fraction of sp³-hybridized carbons (Fsp3) is 0.188. The Kier molecular flexibility index (Phi) is 4.52. The van der Waals surface area contributed by atoms with E-state index in [0.717, 1.165) is 0 Å². The van der Waals surface area contributed by atoms with E-state index in [0.29, 0.717) is 24.3 Å². The van der Waals surface area contributed by atoms with Crippen LogP contribution in [0.3, 0.4) is 0 Å². The minimum Gasteiger partial charge on any atom is -0.478 e. The van der Waals surface area contributed by atoms with Crippen molar-refractivity contribution in [2.45, 2.75) is 13.5 Å². The highest BCUT2D eigenvalue weighted by molar-refractivity contribution is 5.87. The van der Waals surface area contributed by atoms with Crippen molar-refractivity contribution in [3.8, 4) is 0 Å². The lowest BCUT2D eigenvalue weighted by Gasteiger charge is -2.23. The Bertz CT molecular complexity index is 658. The highest BCUT2D eigenvalue weighted by Gasteiger charge is 2.13. The number of hydrogen-bond donors (Lipinski definition) is 1. The number of rotatable bonds is 5. The smallest absolute Gasteiger partial charge is 0.338 e. The van der Waals surface area contributed by atoms with Gasteiger partial charge in [-0.1, -0.05) is 18.2 Å². The summed E-state index contributed by atoms with van der Waals surface area (Å²) < 4.78 is 27.4. The van der Waals surface area contributed by atoms with Crippen molar-refractivity contribution in [1.82, 2.24) is 0 Å². The van der Waals surface area contributed by atoms with Gasteiger partial charge in [0.1, 0.15) is 11.6 Å². The highest BCUT2D eigenvalue weighted by atomic mass is 19.1. The molecule has 0 aliphatic heterocycles. The van der Waals surface area contributed by atoms with Crippen LogP contribution in [0.4, 0.5) is 14.5 Å². The van der Waals surface area contributed by atoms with Crippen molar-refractivity contribution in [3.63, 3.8) is 0 Å². The molecule has 0 fully saturated rings. The number of benzene rings is 2. The molecule has 3 nitrogen and oxygen atoms in total. The Labute approximate surface area is 121 Å². The number of carbonyl (C=O) groups is 1. The van der Waals surface area contributed by atoms with Crippen LogP contribution in [-0.2, 0) is 6.54 Å². The molecule has 2 aromatic rings. The van der Waals surface area contributed by atoms with Gasteiger partial charge in [0.15, 0.2) is 0 Å². The molecule has 0 aliphatic carbocycles. The van der Waals surface area contributed by atoms with Gasteiger partial charge < -0.3 is 10.0 Å². The van der Waals surface area contributed by atoms with Crippen LogP contribution in [0.25, 0.3) is 0 Å². The number of para-hydroxylation sites is 1. The third-order valence-corrected chi connectivity index (χ3v) is 3.21. The predicted molar refractivity (Wildman–Crippen MR) is 76.5 cm³/mol. The zero-order chi connectivity index (χ0) is 15.4. The fourth-order valence-electron chi connectivity index (χ4n) is 2.13. The molecule has 0 bridgehead atoms. The van der Waals surface area contributed by atoms with E-state index in [9.17, 15) is 13.6 Å². The van der Waals surface area contributed by atoms with Crippen molar-refractivity contribution in [2.75, 3.05) is 11.4 Å². The first-order valence-corrected chi connectivity index (χ1v) is 6.54. The summed E-state index contributed by atoms with van der Waals surface area (Å²) in [5.74, 6) is -2.44. The van der Waals surface area contributed by atoms with Crippen molar-refractivity contribution < 1.29 is 18.7 Å². The lowest BCUT2D eigenvalue weighted by molar-refractivity contribution is 0.0692. The molecule has 2 aromatic carbocycles. The summed E-state index contributed by atoms with van der Waals surface area (Å²) in [6.07, 6.45) is 0. The lowest BCUT2D eigenvalue weighted by Crippen LogP contribution is -2.23. The number of aromatic carboxylic acids is 1. The van der Waals surface area contributed by atoms with E-state index in [1.165, 1.54) is 24.3 Å². The van der Waals surface area contributed by atoms with Gasteiger partial charge in [-0.15, -0.1) is 0 Å². The molecule has 0 spiro atoms. The Balaban J connectivity index is 2.25. The number of carboxylic acid groups (broad SMARTS) is 1. The number of carboxylic acids is 1. The molecule has 0 amide bonds. The normalized spacial score (nSPS) is 10.4. The maximum atomic E-state index is 13.8. The summed E-state index contributed by atoms with van der Waals surface area (Å²) >= 11 is 0. The van der Waals surface area contributed by atoms with Crippen LogP contribution in [0.1, 0.15) is 22.8 Å². The lowest BCUT2D eigenvalue weighted by atomic mass is 10.1. The zero-order valence-corrected chi connectivity index (χ0v) is 11.5. The molecule has 0 saturated heterocycles. The number of nitrogens with zero attached hydrogens (tertiary/aromatic N) is 1. The van der Waals surface area contributed by atoms with Crippen LogP contribution < -0.4 is 4.90 Å². The van der Waals surface area contributed by atoms with E-state index in [2.05, 4.69) is 0 Å². The number of halogens is 2. The van der Waals surface area contributed by atoms with Crippen LogP contribution in [0.5, 0.6) is 0 Å². The second-order valence-corrected chi connectivity index (χ2v) is 4.58. The van der Waals surface area contributed by atoms with E-state index in [1.54, 1.807) is 23.1 Å². The molecule has 0 saturated carbocycles. The van der Waals surface area contributed by atoms with Crippen LogP contribution >= 0.6 is 0 Å². The number of anilines is 1. The monoisotopic (exact) mass is 291 g/mol. The van der Waals surface area contributed by atoms with Crippen molar-refractivity contribution in [2.24, 2.45) is 0 Å². The van der Waals surface area contributed by atoms with E-state index < -0.39 is 11.8 Å². The van der Waals surface area contributed by atoms with E-state index in [4.69, 9.17) is 5.11 Å². The van der Waals surface area contributed by atoms with Gasteiger partial charge in [0, 0.05) is 13.1 Å². The maximum absolute atomic E-state index is 13.8. The Morgan fingerprint density at radius 2 is 1.86 bits per heavy atom. The molecule has 0 heterocycles. The largest absolute Gasteiger partial charge is 0.478 e. The molecule has 5 heteroatoms. The van der Waals surface area contributed by atoms with Gasteiger partial charge in [0.05, 0.1) is 11.3 Å². The molecule has 0 radical (unpaired) electrons. The van der Waals surface area contributed by atoms with Crippen molar-refractivity contribution >= 4 is 11.7 Å². The van der Waals surface area contributed by atoms with Gasteiger partial charge in [-0.2, -0.15) is 0 Å². The second-order valence-electron chi connectivity index (χ2n) is 4.58. The summed E-state index contributed by atoms with van der Waals surface area (Å²) in [4.78, 5) is 12.5. The van der Waals surface area contributed by atoms with Gasteiger partial charge in [-0.25, -0.2) is 13.6 Å². The summed E-state index contributed by atoms with van der Waals surface area (Å²) in [5, 5.41) is 8.80. The second kappa shape index (κ2) is 6.35. The predicted octanol–water partition coefficient (Wildman–Crippen LogP) is 3.69. The minimum atomic E-state index is -1.31. The molecule has 0 aliphatic rings. The first kappa shape index (κ1) is 15.0. The zero-order valence-electron chi connectivity index (χ0n) is 11.5. The quantitative estimate of drug-likeness (QED) is 0.913. The third-order valence-electron chi connectivity index (χ3n) is 3.21. The van der Waals surface area contributed by atoms with Crippen LogP contribution in [-0.4, -0.2) is 17.6 Å². The Hall–Kier alpha value is -2.43. The molecule has 2 rings (SSSR count). The minimum absolute atomic E-state index is 0.300. The summed E-state index contributed by atoms with van der Waals surface area (Å²) in [5.41, 5.74) is 0.651. The number of hydrogen-bond acceptors (Lipinski definition) is 2. The fourth-order valence-corrected chi connectivity index (χ4v) is 2.13. The van der Waals surface area contributed by atoms with Crippen LogP contribution in [0, 0.1) is 11.6 Å². The Morgan fingerprint density at radius 3 is 2.43 bits per heavy atom.